The van der Waals surface area contributed by atoms with Gasteiger partial charge in [0.1, 0.15) is 18.8 Å². The number of hydrogen-bond acceptors (Lipinski definition) is 7. The first-order valence-electron chi connectivity index (χ1n) is 8.51. The van der Waals surface area contributed by atoms with Crippen LogP contribution in [0.3, 0.4) is 0 Å². The Bertz CT molecular complexity index is 1170. The molecule has 0 bridgehead atoms. The van der Waals surface area contributed by atoms with E-state index in [4.69, 9.17) is 4.74 Å². The number of non-ortho nitro benzene ring substituents is 1. The van der Waals surface area contributed by atoms with Gasteiger partial charge in [0, 0.05) is 30.0 Å². The third-order valence-electron chi connectivity index (χ3n) is 3.95. The van der Waals surface area contributed by atoms with Crippen LogP contribution in [0.4, 0.5) is 5.69 Å². The topological polar surface area (TPSA) is 133 Å². The molecule has 1 aromatic carbocycles. The summed E-state index contributed by atoms with van der Waals surface area (Å²) < 4.78 is 6.42. The van der Waals surface area contributed by atoms with Crippen molar-refractivity contribution < 1.29 is 19.2 Å². The number of carbonyl (C=O) groups excluding carboxylic acids is 2. The Kier molecular flexibility index (Phi) is 5.63. The molecule has 0 saturated heterocycles. The summed E-state index contributed by atoms with van der Waals surface area (Å²) in [4.78, 5) is 50.4. The molecule has 0 aliphatic heterocycles. The van der Waals surface area contributed by atoms with Crippen LogP contribution in [0.2, 0.25) is 0 Å². The van der Waals surface area contributed by atoms with Gasteiger partial charge in [-0.05, 0) is 24.6 Å². The highest BCUT2D eigenvalue weighted by atomic mass is 16.6. The van der Waals surface area contributed by atoms with Crippen LogP contribution >= 0.6 is 0 Å². The van der Waals surface area contributed by atoms with Crippen LogP contribution in [0.15, 0.2) is 53.5 Å². The molecule has 2 aromatic heterocycles. The predicted molar refractivity (Wildman–Crippen MR) is 101 cm³/mol. The van der Waals surface area contributed by atoms with Crippen LogP contribution in [0, 0.1) is 17.0 Å². The van der Waals surface area contributed by atoms with E-state index in [1.54, 1.807) is 18.3 Å². The Morgan fingerprint density at radius 3 is 2.79 bits per heavy atom. The molecule has 0 saturated carbocycles. The van der Waals surface area contributed by atoms with Crippen molar-refractivity contribution in [3.8, 4) is 0 Å². The highest BCUT2D eigenvalue weighted by molar-refractivity contribution is 5.96. The highest BCUT2D eigenvalue weighted by Crippen LogP contribution is 2.12. The summed E-state index contributed by atoms with van der Waals surface area (Å²) in [5.41, 5.74) is 1.12. The second kappa shape index (κ2) is 8.30. The van der Waals surface area contributed by atoms with Crippen molar-refractivity contribution in [2.45, 2.75) is 13.5 Å². The molecule has 3 rings (SSSR count). The van der Waals surface area contributed by atoms with Crippen LogP contribution in [0.5, 0.6) is 0 Å². The highest BCUT2D eigenvalue weighted by Gasteiger charge is 2.13. The predicted octanol–water partition coefficient (Wildman–Crippen LogP) is 1.38. The summed E-state index contributed by atoms with van der Waals surface area (Å²) in [6.45, 7) is 1.18. The largest absolute Gasteiger partial charge is 0.458 e. The number of aromatic nitrogens is 2. The van der Waals surface area contributed by atoms with E-state index in [1.807, 2.05) is 6.92 Å². The van der Waals surface area contributed by atoms with E-state index in [-0.39, 0.29) is 29.1 Å². The van der Waals surface area contributed by atoms with Gasteiger partial charge in [-0.25, -0.2) is 4.98 Å². The Morgan fingerprint density at radius 1 is 1.24 bits per heavy atom. The molecule has 0 atom stereocenters. The van der Waals surface area contributed by atoms with E-state index in [9.17, 15) is 24.5 Å². The smallest absolute Gasteiger partial charge is 0.325 e. The molecule has 0 spiro atoms. The van der Waals surface area contributed by atoms with E-state index < -0.39 is 23.3 Å². The Balaban J connectivity index is 1.57. The van der Waals surface area contributed by atoms with Gasteiger partial charge in [0.05, 0.1) is 10.6 Å². The number of ether oxygens (including phenoxy) is 1. The molecular formula is C19H16N4O6. The number of benzene rings is 1. The van der Waals surface area contributed by atoms with Gasteiger partial charge in [-0.3, -0.25) is 28.9 Å². The van der Waals surface area contributed by atoms with Gasteiger partial charge < -0.3 is 10.1 Å². The van der Waals surface area contributed by atoms with Gasteiger partial charge in [-0.2, -0.15) is 0 Å². The van der Waals surface area contributed by atoms with Crippen molar-refractivity contribution >= 4 is 23.2 Å². The van der Waals surface area contributed by atoms with E-state index in [0.717, 1.165) is 11.6 Å². The quantitative estimate of drug-likeness (QED) is 0.378. The standard InChI is InChI=1S/C19H16N4O6/c1-12-5-6-16-21-14(8-17(24)22(16)10-12)11-29-18(25)9-20-19(26)13-3-2-4-15(7-13)23(27)28/h2-8,10H,9,11H2,1H3,(H,20,26). The molecule has 0 fully saturated rings. The van der Waals surface area contributed by atoms with E-state index in [1.165, 1.54) is 28.7 Å². The first-order valence-corrected chi connectivity index (χ1v) is 8.51. The second-order valence-electron chi connectivity index (χ2n) is 6.17. The summed E-state index contributed by atoms with van der Waals surface area (Å²) in [6.07, 6.45) is 1.66. The van der Waals surface area contributed by atoms with Crippen molar-refractivity contribution in [2.24, 2.45) is 0 Å². The zero-order valence-corrected chi connectivity index (χ0v) is 15.3. The maximum absolute atomic E-state index is 12.1. The molecule has 10 nitrogen and oxygen atoms in total. The number of nitrogens with zero attached hydrogens (tertiary/aromatic N) is 3. The first-order chi connectivity index (χ1) is 13.8. The third kappa shape index (κ3) is 4.80. The maximum Gasteiger partial charge on any atom is 0.325 e. The van der Waals surface area contributed by atoms with Crippen molar-refractivity contribution in [3.05, 3.63) is 86.0 Å². The number of nitrogens with one attached hydrogen (secondary N) is 1. The second-order valence-corrected chi connectivity index (χ2v) is 6.17. The van der Waals surface area contributed by atoms with Gasteiger partial charge in [0.15, 0.2) is 0 Å². The minimum Gasteiger partial charge on any atom is -0.458 e. The minimum absolute atomic E-state index is 0.0477. The molecule has 1 N–H and O–H groups in total. The fourth-order valence-electron chi connectivity index (χ4n) is 2.55. The Labute approximate surface area is 163 Å². The number of nitro benzene ring substituents is 1. The monoisotopic (exact) mass is 396 g/mol. The van der Waals surface area contributed by atoms with Gasteiger partial charge in [0.2, 0.25) is 0 Å². The van der Waals surface area contributed by atoms with E-state index in [0.29, 0.717) is 5.65 Å². The number of rotatable bonds is 6. The molecule has 0 aliphatic carbocycles. The number of pyridine rings is 1. The Hall–Kier alpha value is -4.08. The fourth-order valence-corrected chi connectivity index (χ4v) is 2.55. The van der Waals surface area contributed by atoms with E-state index in [2.05, 4.69) is 10.3 Å². The number of aryl methyl sites for hydroxylation is 1. The molecule has 0 aliphatic rings. The summed E-state index contributed by atoms with van der Waals surface area (Å²) in [7, 11) is 0. The van der Waals surface area contributed by atoms with Gasteiger partial charge in [-0.1, -0.05) is 12.1 Å². The molecular weight excluding hydrogens is 380 g/mol. The van der Waals surface area contributed by atoms with Gasteiger partial charge in [-0.15, -0.1) is 0 Å². The number of esters is 1. The summed E-state index contributed by atoms with van der Waals surface area (Å²) >= 11 is 0. The van der Waals surface area contributed by atoms with Crippen molar-refractivity contribution in [3.63, 3.8) is 0 Å². The van der Waals surface area contributed by atoms with Crippen molar-refractivity contribution in [2.75, 3.05) is 6.54 Å². The van der Waals surface area contributed by atoms with Crippen LogP contribution < -0.4 is 10.9 Å². The third-order valence-corrected chi connectivity index (χ3v) is 3.95. The lowest BCUT2D eigenvalue weighted by Gasteiger charge is -2.07. The maximum atomic E-state index is 12.1. The molecule has 3 aromatic rings. The molecule has 29 heavy (non-hydrogen) atoms. The Morgan fingerprint density at radius 2 is 2.03 bits per heavy atom. The SMILES string of the molecule is Cc1ccc2nc(COC(=O)CNC(=O)c3cccc([N+](=O)[O-])c3)cc(=O)n2c1. The molecule has 148 valence electrons. The summed E-state index contributed by atoms with van der Waals surface area (Å²) in [5, 5.41) is 13.1. The number of fused-ring (bicyclic) bond motifs is 1. The first kappa shape index (κ1) is 19.7. The number of nitro groups is 1. The van der Waals surface area contributed by atoms with Crippen molar-refractivity contribution in [1.82, 2.24) is 14.7 Å². The number of amides is 1. The fraction of sp³-hybridized carbons (Fsp3) is 0.158. The average molecular weight is 396 g/mol. The van der Waals surface area contributed by atoms with Crippen molar-refractivity contribution in [1.29, 1.82) is 0 Å². The summed E-state index contributed by atoms with van der Waals surface area (Å²) in [5.74, 6) is -1.39. The summed E-state index contributed by atoms with van der Waals surface area (Å²) in [6, 6.07) is 9.88. The zero-order valence-electron chi connectivity index (χ0n) is 15.3. The van der Waals surface area contributed by atoms with Gasteiger partial charge >= 0.3 is 5.97 Å². The van der Waals surface area contributed by atoms with Crippen LogP contribution in [0.25, 0.3) is 5.65 Å². The van der Waals surface area contributed by atoms with Gasteiger partial charge in [0.25, 0.3) is 17.2 Å². The van der Waals surface area contributed by atoms with Crippen LogP contribution in [-0.2, 0) is 16.1 Å². The molecule has 2 heterocycles. The average Bonchev–Trinajstić information content (AvgIpc) is 2.71. The lowest BCUT2D eigenvalue weighted by atomic mass is 10.2. The molecule has 1 amide bonds. The zero-order chi connectivity index (χ0) is 21.0. The molecule has 0 unspecified atom stereocenters. The lowest BCUT2D eigenvalue weighted by molar-refractivity contribution is -0.384. The molecule has 0 radical (unpaired) electrons. The number of hydrogen-bond donors (Lipinski definition) is 1. The number of carbonyl (C=O) groups is 2. The molecule has 10 heteroatoms. The van der Waals surface area contributed by atoms with Crippen LogP contribution in [-0.4, -0.2) is 32.7 Å². The normalized spacial score (nSPS) is 10.5. The minimum atomic E-state index is -0.741. The van der Waals surface area contributed by atoms with E-state index >= 15 is 0 Å². The van der Waals surface area contributed by atoms with Crippen LogP contribution in [0.1, 0.15) is 21.6 Å². The lowest BCUT2D eigenvalue weighted by Crippen LogP contribution is -2.30.